The number of aryl methyl sites for hydroxylation is 1. The molecule has 0 saturated carbocycles. The van der Waals surface area contributed by atoms with E-state index in [1.807, 2.05) is 6.92 Å². The first-order chi connectivity index (χ1) is 7.99. The maximum Gasteiger partial charge on any atom is 0.230 e. The van der Waals surface area contributed by atoms with Crippen LogP contribution in [0.3, 0.4) is 0 Å². The SMILES string of the molecule is Cc1ccc(F)cc1C1CC(=O)NC(=O)C1C. The lowest BCUT2D eigenvalue weighted by molar-refractivity contribution is -0.136. The van der Waals surface area contributed by atoms with Gasteiger partial charge in [-0.25, -0.2) is 4.39 Å². The maximum absolute atomic E-state index is 13.2. The second-order valence-electron chi connectivity index (χ2n) is 4.51. The van der Waals surface area contributed by atoms with Gasteiger partial charge in [-0.3, -0.25) is 14.9 Å². The van der Waals surface area contributed by atoms with E-state index in [0.717, 1.165) is 11.1 Å². The highest BCUT2D eigenvalue weighted by atomic mass is 19.1. The zero-order valence-electron chi connectivity index (χ0n) is 9.79. The Morgan fingerprint density at radius 3 is 2.76 bits per heavy atom. The van der Waals surface area contributed by atoms with E-state index < -0.39 is 0 Å². The van der Waals surface area contributed by atoms with Crippen molar-refractivity contribution >= 4 is 11.8 Å². The Kier molecular flexibility index (Phi) is 2.96. The number of nitrogens with one attached hydrogen (secondary N) is 1. The molecule has 3 nitrogen and oxygen atoms in total. The first-order valence-corrected chi connectivity index (χ1v) is 5.59. The van der Waals surface area contributed by atoms with Crippen molar-refractivity contribution < 1.29 is 14.0 Å². The first kappa shape index (κ1) is 11.8. The Morgan fingerprint density at radius 1 is 1.35 bits per heavy atom. The topological polar surface area (TPSA) is 46.2 Å². The monoisotopic (exact) mass is 235 g/mol. The summed E-state index contributed by atoms with van der Waals surface area (Å²) in [6.45, 7) is 3.62. The summed E-state index contributed by atoms with van der Waals surface area (Å²) in [5.41, 5.74) is 1.66. The normalized spacial score (nSPS) is 24.6. The van der Waals surface area contributed by atoms with Gasteiger partial charge in [0.1, 0.15) is 5.82 Å². The van der Waals surface area contributed by atoms with Gasteiger partial charge in [-0.1, -0.05) is 13.0 Å². The summed E-state index contributed by atoms with van der Waals surface area (Å²) in [6, 6.07) is 4.48. The van der Waals surface area contributed by atoms with E-state index in [9.17, 15) is 14.0 Å². The van der Waals surface area contributed by atoms with Crippen LogP contribution in [0.2, 0.25) is 0 Å². The third kappa shape index (κ3) is 2.20. The summed E-state index contributed by atoms with van der Waals surface area (Å²) in [7, 11) is 0. The average Bonchev–Trinajstić information content (AvgIpc) is 2.27. The number of piperidine rings is 1. The molecule has 1 fully saturated rings. The first-order valence-electron chi connectivity index (χ1n) is 5.59. The number of hydrogen-bond donors (Lipinski definition) is 1. The minimum absolute atomic E-state index is 0.230. The van der Waals surface area contributed by atoms with Gasteiger partial charge in [0.2, 0.25) is 11.8 Å². The predicted octanol–water partition coefficient (Wildman–Crippen LogP) is 1.90. The van der Waals surface area contributed by atoms with Crippen LogP contribution in [0.15, 0.2) is 18.2 Å². The summed E-state index contributed by atoms with van der Waals surface area (Å²) in [6.07, 6.45) is 0.233. The van der Waals surface area contributed by atoms with Crippen LogP contribution in [-0.2, 0) is 9.59 Å². The van der Waals surface area contributed by atoms with Crippen LogP contribution >= 0.6 is 0 Å². The number of carbonyl (C=O) groups is 2. The lowest BCUT2D eigenvalue weighted by Gasteiger charge is -2.28. The second kappa shape index (κ2) is 4.28. The molecule has 1 N–H and O–H groups in total. The smallest absolute Gasteiger partial charge is 0.230 e. The zero-order valence-corrected chi connectivity index (χ0v) is 9.79. The van der Waals surface area contributed by atoms with Gasteiger partial charge in [-0.15, -0.1) is 0 Å². The number of hydrogen-bond acceptors (Lipinski definition) is 2. The van der Waals surface area contributed by atoms with Crippen molar-refractivity contribution in [3.63, 3.8) is 0 Å². The molecule has 1 saturated heterocycles. The summed E-state index contributed by atoms with van der Waals surface area (Å²) < 4.78 is 13.2. The van der Waals surface area contributed by atoms with Crippen molar-refractivity contribution in [1.29, 1.82) is 0 Å². The van der Waals surface area contributed by atoms with Crippen LogP contribution in [0, 0.1) is 18.7 Å². The van der Waals surface area contributed by atoms with Crippen LogP contribution < -0.4 is 5.32 Å². The molecule has 1 aliphatic heterocycles. The number of halogens is 1. The number of carbonyl (C=O) groups excluding carboxylic acids is 2. The molecule has 2 unspecified atom stereocenters. The Labute approximate surface area is 99.0 Å². The Balaban J connectivity index is 2.40. The van der Waals surface area contributed by atoms with Crippen molar-refractivity contribution in [2.75, 3.05) is 0 Å². The summed E-state index contributed by atoms with van der Waals surface area (Å²) in [5, 5.41) is 2.29. The molecular formula is C13H14FNO2. The molecule has 0 spiro atoms. The van der Waals surface area contributed by atoms with Crippen LogP contribution in [0.5, 0.6) is 0 Å². The minimum Gasteiger partial charge on any atom is -0.296 e. The number of rotatable bonds is 1. The average molecular weight is 235 g/mol. The van der Waals surface area contributed by atoms with Crippen molar-refractivity contribution in [2.45, 2.75) is 26.2 Å². The van der Waals surface area contributed by atoms with E-state index in [2.05, 4.69) is 5.32 Å². The summed E-state index contributed by atoms with van der Waals surface area (Å²) >= 11 is 0. The standard InChI is InChI=1S/C13H14FNO2/c1-7-3-4-9(14)5-10(7)11-6-12(16)15-13(17)8(11)2/h3-5,8,11H,6H2,1-2H3,(H,15,16,17). The van der Waals surface area contributed by atoms with Gasteiger partial charge in [0.25, 0.3) is 0 Å². The molecule has 2 atom stereocenters. The molecule has 2 rings (SSSR count). The zero-order chi connectivity index (χ0) is 12.6. The highest BCUT2D eigenvalue weighted by molar-refractivity contribution is 5.99. The largest absolute Gasteiger partial charge is 0.296 e. The van der Waals surface area contributed by atoms with Gasteiger partial charge in [0, 0.05) is 18.3 Å². The molecule has 2 amide bonds. The molecule has 0 radical (unpaired) electrons. The maximum atomic E-state index is 13.2. The Morgan fingerprint density at radius 2 is 2.06 bits per heavy atom. The molecule has 90 valence electrons. The van der Waals surface area contributed by atoms with Crippen LogP contribution in [0.4, 0.5) is 4.39 Å². The van der Waals surface area contributed by atoms with E-state index in [1.54, 1.807) is 13.0 Å². The second-order valence-corrected chi connectivity index (χ2v) is 4.51. The van der Waals surface area contributed by atoms with E-state index in [1.165, 1.54) is 12.1 Å². The number of benzene rings is 1. The lowest BCUT2D eigenvalue weighted by Crippen LogP contribution is -2.43. The molecule has 17 heavy (non-hydrogen) atoms. The fourth-order valence-corrected chi connectivity index (χ4v) is 2.25. The molecular weight excluding hydrogens is 221 g/mol. The van der Waals surface area contributed by atoms with Crippen molar-refractivity contribution in [3.05, 3.63) is 35.1 Å². The summed E-state index contributed by atoms with van der Waals surface area (Å²) in [4.78, 5) is 22.9. The van der Waals surface area contributed by atoms with Crippen LogP contribution in [-0.4, -0.2) is 11.8 Å². The molecule has 1 heterocycles. The van der Waals surface area contributed by atoms with Gasteiger partial charge in [0.05, 0.1) is 0 Å². The Hall–Kier alpha value is -1.71. The van der Waals surface area contributed by atoms with E-state index in [0.29, 0.717) is 0 Å². The van der Waals surface area contributed by atoms with Crippen LogP contribution in [0.1, 0.15) is 30.4 Å². The number of amides is 2. The molecule has 0 aliphatic carbocycles. The van der Waals surface area contributed by atoms with Crippen molar-refractivity contribution in [3.8, 4) is 0 Å². The third-order valence-electron chi connectivity index (χ3n) is 3.33. The summed E-state index contributed by atoms with van der Waals surface area (Å²) in [5.74, 6) is -1.45. The molecule has 0 aromatic heterocycles. The van der Waals surface area contributed by atoms with E-state index >= 15 is 0 Å². The molecule has 1 aromatic carbocycles. The third-order valence-corrected chi connectivity index (χ3v) is 3.33. The molecule has 1 aromatic rings. The van der Waals surface area contributed by atoms with Gasteiger partial charge >= 0.3 is 0 Å². The highest BCUT2D eigenvalue weighted by Gasteiger charge is 2.34. The highest BCUT2D eigenvalue weighted by Crippen LogP contribution is 2.33. The van der Waals surface area contributed by atoms with E-state index in [4.69, 9.17) is 0 Å². The Bertz CT molecular complexity index is 484. The fraction of sp³-hybridized carbons (Fsp3) is 0.385. The van der Waals surface area contributed by atoms with E-state index in [-0.39, 0.29) is 35.9 Å². The quantitative estimate of drug-likeness (QED) is 0.756. The molecule has 4 heteroatoms. The van der Waals surface area contributed by atoms with Gasteiger partial charge in [0.15, 0.2) is 0 Å². The fourth-order valence-electron chi connectivity index (χ4n) is 2.25. The number of imide groups is 1. The predicted molar refractivity (Wildman–Crippen MR) is 60.8 cm³/mol. The lowest BCUT2D eigenvalue weighted by atomic mass is 9.80. The van der Waals surface area contributed by atoms with Gasteiger partial charge in [-0.2, -0.15) is 0 Å². The molecule has 1 aliphatic rings. The van der Waals surface area contributed by atoms with Crippen molar-refractivity contribution in [2.24, 2.45) is 5.92 Å². The molecule has 0 bridgehead atoms. The van der Waals surface area contributed by atoms with Crippen LogP contribution in [0.25, 0.3) is 0 Å². The van der Waals surface area contributed by atoms with Crippen molar-refractivity contribution in [1.82, 2.24) is 5.32 Å². The van der Waals surface area contributed by atoms with Gasteiger partial charge < -0.3 is 0 Å². The van der Waals surface area contributed by atoms with Gasteiger partial charge in [-0.05, 0) is 30.2 Å². The minimum atomic E-state index is -0.337.